The van der Waals surface area contributed by atoms with Crippen molar-refractivity contribution in [3.05, 3.63) is 35.4 Å². The van der Waals surface area contributed by atoms with Gasteiger partial charge in [0.15, 0.2) is 0 Å². The predicted octanol–water partition coefficient (Wildman–Crippen LogP) is -0.0948. The molecule has 0 aromatic heterocycles. The maximum atomic E-state index is 12.4. The molecular formula is C14H21N3O3S. The average molecular weight is 311 g/mol. The summed E-state index contributed by atoms with van der Waals surface area (Å²) in [6.07, 6.45) is 1.93. The van der Waals surface area contributed by atoms with Crippen LogP contribution in [-0.4, -0.2) is 62.5 Å². The standard InChI is InChI=1S/C14H21N3O3S/c1-21(19,20)17-9-7-16(8-10-17)14(18)13-4-2-3-12(11-13)5-6-15/h2-4,11H,5-10,15H2,1H3. The van der Waals surface area contributed by atoms with E-state index in [0.29, 0.717) is 38.3 Å². The van der Waals surface area contributed by atoms with Gasteiger partial charge in [-0.3, -0.25) is 4.79 Å². The summed E-state index contributed by atoms with van der Waals surface area (Å²) in [7, 11) is -3.17. The third-order valence-corrected chi connectivity index (χ3v) is 4.90. The molecule has 0 radical (unpaired) electrons. The minimum atomic E-state index is -3.17. The number of hydrogen-bond acceptors (Lipinski definition) is 4. The highest BCUT2D eigenvalue weighted by Gasteiger charge is 2.26. The highest BCUT2D eigenvalue weighted by atomic mass is 32.2. The van der Waals surface area contributed by atoms with Gasteiger partial charge in [-0.05, 0) is 30.7 Å². The Morgan fingerprint density at radius 2 is 1.90 bits per heavy atom. The zero-order chi connectivity index (χ0) is 15.5. The molecule has 7 heteroatoms. The minimum absolute atomic E-state index is 0.0537. The number of nitrogens with zero attached hydrogens (tertiary/aromatic N) is 2. The van der Waals surface area contributed by atoms with Crippen LogP contribution < -0.4 is 5.73 Å². The normalized spacial score (nSPS) is 17.0. The maximum Gasteiger partial charge on any atom is 0.253 e. The molecule has 0 bridgehead atoms. The van der Waals surface area contributed by atoms with Crippen LogP contribution in [0.1, 0.15) is 15.9 Å². The van der Waals surface area contributed by atoms with Crippen LogP contribution in [0.3, 0.4) is 0 Å². The maximum absolute atomic E-state index is 12.4. The Morgan fingerprint density at radius 3 is 2.48 bits per heavy atom. The van der Waals surface area contributed by atoms with E-state index in [-0.39, 0.29) is 5.91 Å². The Labute approximate surface area is 125 Å². The summed E-state index contributed by atoms with van der Waals surface area (Å²) in [5.41, 5.74) is 7.20. The molecule has 1 amide bonds. The van der Waals surface area contributed by atoms with Crippen LogP contribution in [0.15, 0.2) is 24.3 Å². The first-order chi connectivity index (χ1) is 9.91. The third kappa shape index (κ3) is 4.03. The molecule has 1 aliphatic heterocycles. The zero-order valence-corrected chi connectivity index (χ0v) is 13.0. The fourth-order valence-corrected chi connectivity index (χ4v) is 3.26. The lowest BCUT2D eigenvalue weighted by Gasteiger charge is -2.33. The predicted molar refractivity (Wildman–Crippen MR) is 81.5 cm³/mol. The second kappa shape index (κ2) is 6.55. The van der Waals surface area contributed by atoms with E-state index in [1.165, 1.54) is 10.6 Å². The fourth-order valence-electron chi connectivity index (χ4n) is 2.43. The van der Waals surface area contributed by atoms with Crippen molar-refractivity contribution in [1.29, 1.82) is 0 Å². The number of hydrogen-bond donors (Lipinski definition) is 1. The minimum Gasteiger partial charge on any atom is -0.336 e. The molecule has 0 aliphatic carbocycles. The summed E-state index contributed by atoms with van der Waals surface area (Å²) in [4.78, 5) is 14.1. The molecule has 2 N–H and O–H groups in total. The SMILES string of the molecule is CS(=O)(=O)N1CCN(C(=O)c2cccc(CCN)c2)CC1. The summed E-state index contributed by atoms with van der Waals surface area (Å²) in [6.45, 7) is 2.10. The molecular weight excluding hydrogens is 290 g/mol. The van der Waals surface area contributed by atoms with Crippen molar-refractivity contribution in [3.8, 4) is 0 Å². The van der Waals surface area contributed by atoms with E-state index in [0.717, 1.165) is 12.0 Å². The third-order valence-electron chi connectivity index (χ3n) is 3.60. The lowest BCUT2D eigenvalue weighted by Crippen LogP contribution is -2.50. The van der Waals surface area contributed by atoms with Gasteiger partial charge in [-0.15, -0.1) is 0 Å². The number of sulfonamides is 1. The van der Waals surface area contributed by atoms with E-state index in [4.69, 9.17) is 5.73 Å². The van der Waals surface area contributed by atoms with Crippen LogP contribution in [0.2, 0.25) is 0 Å². The highest BCUT2D eigenvalue weighted by Crippen LogP contribution is 2.12. The van der Waals surface area contributed by atoms with E-state index in [2.05, 4.69) is 0 Å². The first-order valence-electron chi connectivity index (χ1n) is 6.95. The quantitative estimate of drug-likeness (QED) is 0.842. The topological polar surface area (TPSA) is 83.7 Å². The number of nitrogens with two attached hydrogens (primary N) is 1. The van der Waals surface area contributed by atoms with Crippen molar-refractivity contribution < 1.29 is 13.2 Å². The molecule has 21 heavy (non-hydrogen) atoms. The molecule has 1 aromatic rings. The monoisotopic (exact) mass is 311 g/mol. The van der Waals surface area contributed by atoms with E-state index in [9.17, 15) is 13.2 Å². The van der Waals surface area contributed by atoms with E-state index in [1.807, 2.05) is 18.2 Å². The van der Waals surface area contributed by atoms with Crippen molar-refractivity contribution >= 4 is 15.9 Å². The van der Waals surface area contributed by atoms with Gasteiger partial charge in [-0.25, -0.2) is 8.42 Å². The number of carbonyl (C=O) groups is 1. The van der Waals surface area contributed by atoms with E-state index < -0.39 is 10.0 Å². The first-order valence-corrected chi connectivity index (χ1v) is 8.80. The van der Waals surface area contributed by atoms with Crippen molar-refractivity contribution in [1.82, 2.24) is 9.21 Å². The van der Waals surface area contributed by atoms with Crippen molar-refractivity contribution in [2.24, 2.45) is 5.73 Å². The lowest BCUT2D eigenvalue weighted by molar-refractivity contribution is 0.0698. The van der Waals surface area contributed by atoms with Gasteiger partial charge in [-0.1, -0.05) is 12.1 Å². The Hall–Kier alpha value is -1.44. The Kier molecular flexibility index (Phi) is 4.97. The largest absolute Gasteiger partial charge is 0.336 e. The van der Waals surface area contributed by atoms with Crippen molar-refractivity contribution in [2.75, 3.05) is 39.0 Å². The summed E-state index contributed by atoms with van der Waals surface area (Å²) >= 11 is 0. The average Bonchev–Trinajstić information content (AvgIpc) is 2.46. The van der Waals surface area contributed by atoms with Crippen LogP contribution in [0.5, 0.6) is 0 Å². The van der Waals surface area contributed by atoms with Gasteiger partial charge in [0.1, 0.15) is 0 Å². The van der Waals surface area contributed by atoms with Crippen LogP contribution in [0.25, 0.3) is 0 Å². The number of rotatable bonds is 4. The molecule has 1 saturated heterocycles. The second-order valence-corrected chi connectivity index (χ2v) is 7.18. The summed E-state index contributed by atoms with van der Waals surface area (Å²) in [6, 6.07) is 7.44. The molecule has 1 heterocycles. The molecule has 0 spiro atoms. The van der Waals surface area contributed by atoms with Crippen LogP contribution in [0.4, 0.5) is 0 Å². The molecule has 2 rings (SSSR count). The van der Waals surface area contributed by atoms with Gasteiger partial charge in [0.05, 0.1) is 6.26 Å². The van der Waals surface area contributed by atoms with Gasteiger partial charge in [0.2, 0.25) is 10.0 Å². The van der Waals surface area contributed by atoms with Crippen LogP contribution >= 0.6 is 0 Å². The Bertz CT molecular complexity index is 608. The number of benzene rings is 1. The molecule has 0 saturated carbocycles. The van der Waals surface area contributed by atoms with Crippen LogP contribution in [-0.2, 0) is 16.4 Å². The molecule has 1 aromatic carbocycles. The number of carbonyl (C=O) groups excluding carboxylic acids is 1. The molecule has 6 nitrogen and oxygen atoms in total. The van der Waals surface area contributed by atoms with Gasteiger partial charge in [-0.2, -0.15) is 4.31 Å². The van der Waals surface area contributed by atoms with Crippen LogP contribution in [0, 0.1) is 0 Å². The Balaban J connectivity index is 2.03. The smallest absolute Gasteiger partial charge is 0.253 e. The fraction of sp³-hybridized carbons (Fsp3) is 0.500. The molecule has 1 aliphatic rings. The number of piperazine rings is 1. The van der Waals surface area contributed by atoms with Crippen molar-refractivity contribution in [3.63, 3.8) is 0 Å². The summed E-state index contributed by atoms with van der Waals surface area (Å²) in [5.74, 6) is -0.0537. The molecule has 0 atom stereocenters. The Morgan fingerprint density at radius 1 is 1.24 bits per heavy atom. The van der Waals surface area contributed by atoms with Gasteiger partial charge < -0.3 is 10.6 Å². The highest BCUT2D eigenvalue weighted by molar-refractivity contribution is 7.88. The van der Waals surface area contributed by atoms with E-state index in [1.54, 1.807) is 11.0 Å². The first kappa shape index (κ1) is 15.9. The van der Waals surface area contributed by atoms with E-state index >= 15 is 0 Å². The summed E-state index contributed by atoms with van der Waals surface area (Å²) in [5, 5.41) is 0. The zero-order valence-electron chi connectivity index (χ0n) is 12.2. The van der Waals surface area contributed by atoms with Gasteiger partial charge in [0.25, 0.3) is 5.91 Å². The molecule has 1 fully saturated rings. The lowest BCUT2D eigenvalue weighted by atomic mass is 10.1. The van der Waals surface area contributed by atoms with Gasteiger partial charge in [0, 0.05) is 31.7 Å². The van der Waals surface area contributed by atoms with Gasteiger partial charge >= 0.3 is 0 Å². The number of amides is 1. The summed E-state index contributed by atoms with van der Waals surface area (Å²) < 4.78 is 24.3. The second-order valence-electron chi connectivity index (χ2n) is 5.19. The molecule has 0 unspecified atom stereocenters. The molecule has 116 valence electrons. The van der Waals surface area contributed by atoms with Crippen molar-refractivity contribution in [2.45, 2.75) is 6.42 Å².